The lowest BCUT2D eigenvalue weighted by atomic mass is 10.1. The van der Waals surface area contributed by atoms with Gasteiger partial charge in [-0.2, -0.15) is 0 Å². The summed E-state index contributed by atoms with van der Waals surface area (Å²) >= 11 is 0. The third kappa shape index (κ3) is 1.06. The molecule has 64 valence electrons. The Kier molecular flexibility index (Phi) is 1.47. The Morgan fingerprint density at radius 3 is 2.91 bits per heavy atom. The maximum atomic E-state index is 9.42. The second-order valence-electron chi connectivity index (χ2n) is 3.39. The number of aliphatic hydroxyl groups excluding tert-OH is 2. The number of ether oxygens (including phenoxy) is 1. The molecule has 1 aliphatic heterocycles. The summed E-state index contributed by atoms with van der Waals surface area (Å²) in [4.78, 5) is 0. The molecule has 0 spiro atoms. The number of hydrogen-bond acceptors (Lipinski definition) is 4. The Morgan fingerprint density at radius 1 is 1.55 bits per heavy atom. The lowest BCUT2D eigenvalue weighted by Gasteiger charge is -2.29. The van der Waals surface area contributed by atoms with Crippen molar-refractivity contribution in [2.75, 3.05) is 6.61 Å². The molecule has 3 unspecified atom stereocenters. The Labute approximate surface area is 64.4 Å². The molecule has 0 aromatic carbocycles. The zero-order valence-corrected chi connectivity index (χ0v) is 6.10. The van der Waals surface area contributed by atoms with Crippen LogP contribution in [0.2, 0.25) is 0 Å². The summed E-state index contributed by atoms with van der Waals surface area (Å²) in [7, 11) is 0. The largest absolute Gasteiger partial charge is 0.394 e. The fourth-order valence-electron chi connectivity index (χ4n) is 1.65. The lowest BCUT2D eigenvalue weighted by Crippen LogP contribution is -2.42. The normalized spacial score (nSPS) is 55.4. The van der Waals surface area contributed by atoms with Crippen molar-refractivity contribution in [3.05, 3.63) is 0 Å². The molecule has 2 rings (SSSR count). The molecule has 1 saturated carbocycles. The first-order valence-corrected chi connectivity index (χ1v) is 3.85. The van der Waals surface area contributed by atoms with Gasteiger partial charge in [0.15, 0.2) is 5.79 Å². The van der Waals surface area contributed by atoms with Crippen molar-refractivity contribution in [2.45, 2.75) is 30.8 Å². The number of rotatable bonds is 1. The van der Waals surface area contributed by atoms with Crippen LogP contribution in [0.5, 0.6) is 0 Å². The van der Waals surface area contributed by atoms with Gasteiger partial charge in [-0.25, -0.2) is 0 Å². The molecule has 0 bridgehead atoms. The minimum Gasteiger partial charge on any atom is -0.394 e. The highest BCUT2D eigenvalue weighted by Crippen LogP contribution is 2.51. The quantitative estimate of drug-likeness (QED) is 0.452. The Hall–Kier alpha value is -0.160. The van der Waals surface area contributed by atoms with E-state index in [2.05, 4.69) is 0 Å². The van der Waals surface area contributed by atoms with E-state index in [1.54, 1.807) is 0 Å². The van der Waals surface area contributed by atoms with E-state index >= 15 is 0 Å². The minimum atomic E-state index is -1.02. The number of fused-ring (bicyclic) bond motifs is 1. The Morgan fingerprint density at radius 2 is 2.27 bits per heavy atom. The van der Waals surface area contributed by atoms with Gasteiger partial charge < -0.3 is 20.1 Å². The SMILES string of the molecule is OC[C@H]1OC2(O)CC2CC1O. The molecule has 0 amide bonds. The molecule has 1 aliphatic carbocycles. The summed E-state index contributed by atoms with van der Waals surface area (Å²) in [6, 6.07) is 0. The van der Waals surface area contributed by atoms with E-state index in [1.807, 2.05) is 0 Å². The van der Waals surface area contributed by atoms with Crippen LogP contribution in [-0.4, -0.2) is 39.9 Å². The summed E-state index contributed by atoms with van der Waals surface area (Å²) < 4.78 is 5.06. The second-order valence-corrected chi connectivity index (χ2v) is 3.39. The molecular formula is C7H12O4. The minimum absolute atomic E-state index is 0.0836. The van der Waals surface area contributed by atoms with E-state index in [0.29, 0.717) is 12.8 Å². The van der Waals surface area contributed by atoms with Gasteiger partial charge in [-0.1, -0.05) is 0 Å². The van der Waals surface area contributed by atoms with Gasteiger partial charge in [-0.05, 0) is 6.42 Å². The molecule has 1 saturated heterocycles. The zero-order chi connectivity index (χ0) is 8.06. The summed E-state index contributed by atoms with van der Waals surface area (Å²) in [6.45, 7) is -0.226. The van der Waals surface area contributed by atoms with Crippen LogP contribution in [0.4, 0.5) is 0 Å². The molecule has 2 fully saturated rings. The molecule has 0 radical (unpaired) electrons. The highest BCUT2D eigenvalue weighted by molar-refractivity contribution is 5.02. The summed E-state index contributed by atoms with van der Waals surface area (Å²) in [6.07, 6.45) is -0.0750. The van der Waals surface area contributed by atoms with Gasteiger partial charge in [0.05, 0.1) is 12.7 Å². The highest BCUT2D eigenvalue weighted by atomic mass is 16.7. The molecule has 4 atom stereocenters. The summed E-state index contributed by atoms with van der Waals surface area (Å²) in [5, 5.41) is 27.4. The van der Waals surface area contributed by atoms with E-state index in [4.69, 9.17) is 9.84 Å². The molecular weight excluding hydrogens is 148 g/mol. The monoisotopic (exact) mass is 160 g/mol. The smallest absolute Gasteiger partial charge is 0.169 e. The summed E-state index contributed by atoms with van der Waals surface area (Å²) in [5.74, 6) is -0.938. The van der Waals surface area contributed by atoms with Crippen LogP contribution in [-0.2, 0) is 4.74 Å². The average molecular weight is 160 g/mol. The van der Waals surface area contributed by atoms with Gasteiger partial charge in [0, 0.05) is 12.3 Å². The van der Waals surface area contributed by atoms with Crippen LogP contribution in [0.1, 0.15) is 12.8 Å². The van der Waals surface area contributed by atoms with Crippen molar-refractivity contribution in [1.82, 2.24) is 0 Å². The molecule has 4 heteroatoms. The van der Waals surface area contributed by atoms with Gasteiger partial charge in [0.1, 0.15) is 6.10 Å². The van der Waals surface area contributed by atoms with Gasteiger partial charge in [-0.3, -0.25) is 0 Å². The van der Waals surface area contributed by atoms with Gasteiger partial charge in [-0.15, -0.1) is 0 Å². The van der Waals surface area contributed by atoms with Crippen molar-refractivity contribution < 1.29 is 20.1 Å². The predicted molar refractivity (Wildman–Crippen MR) is 35.6 cm³/mol. The molecule has 0 aromatic heterocycles. The fraction of sp³-hybridized carbons (Fsp3) is 1.00. The van der Waals surface area contributed by atoms with E-state index in [1.165, 1.54) is 0 Å². The first-order valence-electron chi connectivity index (χ1n) is 3.85. The number of aliphatic hydroxyl groups is 3. The van der Waals surface area contributed by atoms with Crippen LogP contribution in [0.25, 0.3) is 0 Å². The third-order valence-corrected chi connectivity index (χ3v) is 2.51. The average Bonchev–Trinajstić information content (AvgIpc) is 2.59. The van der Waals surface area contributed by atoms with E-state index in [9.17, 15) is 10.2 Å². The van der Waals surface area contributed by atoms with Crippen LogP contribution < -0.4 is 0 Å². The lowest BCUT2D eigenvalue weighted by molar-refractivity contribution is -0.226. The Bertz CT molecular complexity index is 172. The van der Waals surface area contributed by atoms with Crippen LogP contribution in [0.3, 0.4) is 0 Å². The van der Waals surface area contributed by atoms with Gasteiger partial charge in [0.25, 0.3) is 0 Å². The fourth-order valence-corrected chi connectivity index (χ4v) is 1.65. The molecule has 11 heavy (non-hydrogen) atoms. The Balaban J connectivity index is 2.02. The molecule has 0 aromatic rings. The van der Waals surface area contributed by atoms with Crippen LogP contribution in [0, 0.1) is 5.92 Å². The highest BCUT2D eigenvalue weighted by Gasteiger charge is 2.60. The second kappa shape index (κ2) is 2.17. The first-order chi connectivity index (χ1) is 5.15. The van der Waals surface area contributed by atoms with Crippen molar-refractivity contribution >= 4 is 0 Å². The van der Waals surface area contributed by atoms with Crippen molar-refractivity contribution in [3.63, 3.8) is 0 Å². The third-order valence-electron chi connectivity index (χ3n) is 2.51. The maximum Gasteiger partial charge on any atom is 0.169 e. The van der Waals surface area contributed by atoms with Crippen molar-refractivity contribution in [2.24, 2.45) is 5.92 Å². The van der Waals surface area contributed by atoms with Gasteiger partial charge in [0.2, 0.25) is 0 Å². The van der Waals surface area contributed by atoms with Crippen LogP contribution >= 0.6 is 0 Å². The topological polar surface area (TPSA) is 69.9 Å². The number of hydrogen-bond donors (Lipinski definition) is 3. The molecule has 1 heterocycles. The maximum absolute atomic E-state index is 9.42. The molecule has 2 aliphatic rings. The van der Waals surface area contributed by atoms with E-state index in [0.717, 1.165) is 0 Å². The van der Waals surface area contributed by atoms with Crippen molar-refractivity contribution in [1.29, 1.82) is 0 Å². The van der Waals surface area contributed by atoms with Gasteiger partial charge >= 0.3 is 0 Å². The standard InChI is InChI=1S/C7H12O4/c8-3-6-5(9)1-4-2-7(4,10)11-6/h4-6,8-10H,1-3H2/t4?,5?,6-,7?/m1/s1. The van der Waals surface area contributed by atoms with E-state index < -0.39 is 18.0 Å². The predicted octanol–water partition coefficient (Wildman–Crippen LogP) is -1.16. The van der Waals surface area contributed by atoms with Crippen molar-refractivity contribution in [3.8, 4) is 0 Å². The molecule has 4 nitrogen and oxygen atoms in total. The molecule has 3 N–H and O–H groups in total. The first kappa shape index (κ1) is 7.49. The van der Waals surface area contributed by atoms with E-state index in [-0.39, 0.29) is 12.5 Å². The van der Waals surface area contributed by atoms with Crippen LogP contribution in [0.15, 0.2) is 0 Å². The zero-order valence-electron chi connectivity index (χ0n) is 6.10. The summed E-state index contributed by atoms with van der Waals surface area (Å²) in [5.41, 5.74) is 0.